The van der Waals surface area contributed by atoms with E-state index < -0.39 is 22.0 Å². The van der Waals surface area contributed by atoms with Crippen molar-refractivity contribution in [3.8, 4) is 0 Å². The number of hydrogen-bond acceptors (Lipinski definition) is 6. The normalized spacial score (nSPS) is 18.9. The lowest BCUT2D eigenvalue weighted by Gasteiger charge is -2.18. The van der Waals surface area contributed by atoms with E-state index in [4.69, 9.17) is 14.6 Å². The fraction of sp³-hybridized carbons (Fsp3) is 0.562. The Morgan fingerprint density at radius 3 is 2.84 bits per heavy atom. The van der Waals surface area contributed by atoms with E-state index in [0.29, 0.717) is 18.8 Å². The van der Waals surface area contributed by atoms with Crippen LogP contribution in [0.2, 0.25) is 0 Å². The van der Waals surface area contributed by atoms with Gasteiger partial charge < -0.3 is 19.9 Å². The van der Waals surface area contributed by atoms with Crippen LogP contribution in [-0.2, 0) is 19.5 Å². The van der Waals surface area contributed by atoms with Gasteiger partial charge in [-0.1, -0.05) is 0 Å². The van der Waals surface area contributed by atoms with Crippen LogP contribution in [0.15, 0.2) is 23.1 Å². The number of methoxy groups -OCH3 is 1. The molecule has 0 radical (unpaired) electrons. The van der Waals surface area contributed by atoms with Gasteiger partial charge in [-0.25, -0.2) is 17.9 Å². The fourth-order valence-electron chi connectivity index (χ4n) is 2.67. The molecule has 140 valence electrons. The summed E-state index contributed by atoms with van der Waals surface area (Å²) in [5.41, 5.74) is 0.250. The molecule has 1 saturated heterocycles. The minimum atomic E-state index is -3.91. The van der Waals surface area contributed by atoms with Gasteiger partial charge in [0.1, 0.15) is 4.90 Å². The quantitative estimate of drug-likeness (QED) is 0.598. The van der Waals surface area contributed by atoms with Crippen LogP contribution in [0.25, 0.3) is 0 Å². The maximum Gasteiger partial charge on any atom is 0.335 e. The number of carboxylic acid groups (broad SMARTS) is 1. The molecule has 9 heteroatoms. The average Bonchev–Trinajstić information content (AvgIpc) is 3.05. The number of sulfonamides is 1. The minimum absolute atomic E-state index is 0.0232. The molecule has 25 heavy (non-hydrogen) atoms. The van der Waals surface area contributed by atoms with E-state index in [1.54, 1.807) is 6.92 Å². The standard InChI is InChI=1S/C16H24N2O6S/c1-11(10-23-2)18-25(21,22)15-8-12(16(19)20)5-6-14(15)17-9-13-4-3-7-24-13/h5-6,8,11,13,17-18H,3-4,7,9-10H2,1-2H3,(H,19,20)/t11-,13+/m0/s1. The molecule has 0 aliphatic carbocycles. The molecular weight excluding hydrogens is 348 g/mol. The number of aromatic carboxylic acids is 1. The Morgan fingerprint density at radius 2 is 2.24 bits per heavy atom. The Hall–Kier alpha value is -1.68. The van der Waals surface area contributed by atoms with E-state index in [0.717, 1.165) is 18.9 Å². The second kappa shape index (κ2) is 8.61. The molecule has 0 unspecified atom stereocenters. The molecule has 1 fully saturated rings. The number of benzene rings is 1. The van der Waals surface area contributed by atoms with Gasteiger partial charge in [-0.05, 0) is 38.0 Å². The molecule has 0 spiro atoms. The first-order valence-electron chi connectivity index (χ1n) is 8.07. The molecule has 2 atom stereocenters. The molecule has 0 bridgehead atoms. The second-order valence-electron chi connectivity index (χ2n) is 6.01. The number of rotatable bonds is 9. The predicted molar refractivity (Wildman–Crippen MR) is 92.5 cm³/mol. The lowest BCUT2D eigenvalue weighted by molar-refractivity contribution is 0.0696. The van der Waals surface area contributed by atoms with Crippen LogP contribution in [0.3, 0.4) is 0 Å². The van der Waals surface area contributed by atoms with Crippen molar-refractivity contribution in [3.63, 3.8) is 0 Å². The molecule has 1 aliphatic rings. The van der Waals surface area contributed by atoms with E-state index in [9.17, 15) is 13.2 Å². The van der Waals surface area contributed by atoms with Crippen LogP contribution in [0.1, 0.15) is 30.1 Å². The largest absolute Gasteiger partial charge is 0.478 e. The first kappa shape index (κ1) is 19.6. The first-order chi connectivity index (χ1) is 11.8. The lowest BCUT2D eigenvalue weighted by Crippen LogP contribution is -2.36. The summed E-state index contributed by atoms with van der Waals surface area (Å²) in [7, 11) is -2.43. The molecule has 0 amide bonds. The van der Waals surface area contributed by atoms with Gasteiger partial charge >= 0.3 is 5.97 Å². The lowest BCUT2D eigenvalue weighted by atomic mass is 10.2. The number of hydrogen-bond donors (Lipinski definition) is 3. The average molecular weight is 372 g/mol. The van der Waals surface area contributed by atoms with Gasteiger partial charge in [0.05, 0.1) is 24.0 Å². The zero-order chi connectivity index (χ0) is 18.4. The van der Waals surface area contributed by atoms with Gasteiger partial charge in [0, 0.05) is 26.3 Å². The summed E-state index contributed by atoms with van der Waals surface area (Å²) >= 11 is 0. The highest BCUT2D eigenvalue weighted by molar-refractivity contribution is 7.89. The van der Waals surface area contributed by atoms with E-state index in [2.05, 4.69) is 10.0 Å². The molecular formula is C16H24N2O6S. The summed E-state index contributed by atoms with van der Waals surface area (Å²) in [4.78, 5) is 11.1. The van der Waals surface area contributed by atoms with Crippen molar-refractivity contribution >= 4 is 21.7 Å². The second-order valence-corrected chi connectivity index (χ2v) is 7.69. The van der Waals surface area contributed by atoms with Crippen molar-refractivity contribution in [2.24, 2.45) is 0 Å². The number of nitrogens with one attached hydrogen (secondary N) is 2. The van der Waals surface area contributed by atoms with Crippen LogP contribution in [0, 0.1) is 0 Å². The summed E-state index contributed by atoms with van der Waals surface area (Å²) in [5, 5.41) is 12.2. The summed E-state index contributed by atoms with van der Waals surface area (Å²) < 4.78 is 38.3. The third kappa shape index (κ3) is 5.40. The smallest absolute Gasteiger partial charge is 0.335 e. The first-order valence-corrected chi connectivity index (χ1v) is 9.56. The molecule has 0 saturated carbocycles. The van der Waals surface area contributed by atoms with Crippen molar-refractivity contribution in [1.82, 2.24) is 4.72 Å². The number of ether oxygens (including phenoxy) is 2. The predicted octanol–water partition coefficient (Wildman–Crippen LogP) is 1.29. The maximum atomic E-state index is 12.7. The van der Waals surface area contributed by atoms with E-state index in [-0.39, 0.29) is 23.2 Å². The molecule has 8 nitrogen and oxygen atoms in total. The molecule has 1 aromatic carbocycles. The Morgan fingerprint density at radius 1 is 1.48 bits per heavy atom. The highest BCUT2D eigenvalue weighted by Crippen LogP contribution is 2.24. The summed E-state index contributed by atoms with van der Waals surface area (Å²) in [5.74, 6) is -1.19. The third-order valence-electron chi connectivity index (χ3n) is 3.84. The number of carbonyl (C=O) groups is 1. The molecule has 2 rings (SSSR count). The topological polar surface area (TPSA) is 114 Å². The minimum Gasteiger partial charge on any atom is -0.478 e. The summed E-state index contributed by atoms with van der Waals surface area (Å²) in [6.45, 7) is 3.03. The monoisotopic (exact) mass is 372 g/mol. The van der Waals surface area contributed by atoms with Gasteiger partial charge in [-0.3, -0.25) is 0 Å². The molecule has 0 aromatic heterocycles. The van der Waals surface area contributed by atoms with E-state index in [1.165, 1.54) is 19.2 Å². The molecule has 3 N–H and O–H groups in total. The highest BCUT2D eigenvalue weighted by atomic mass is 32.2. The van der Waals surface area contributed by atoms with E-state index in [1.807, 2.05) is 0 Å². The van der Waals surface area contributed by atoms with Crippen LogP contribution in [-0.4, -0.2) is 58.5 Å². The summed E-state index contributed by atoms with van der Waals surface area (Å²) in [6, 6.07) is 3.54. The number of carboxylic acids is 1. The van der Waals surface area contributed by atoms with Crippen molar-refractivity contribution in [3.05, 3.63) is 23.8 Å². The van der Waals surface area contributed by atoms with E-state index >= 15 is 0 Å². The van der Waals surface area contributed by atoms with Crippen molar-refractivity contribution in [2.45, 2.75) is 36.8 Å². The summed E-state index contributed by atoms with van der Waals surface area (Å²) in [6.07, 6.45) is 1.91. The Labute approximate surface area is 147 Å². The Balaban J connectivity index is 2.27. The van der Waals surface area contributed by atoms with Crippen molar-refractivity contribution in [2.75, 3.05) is 32.2 Å². The maximum absolute atomic E-state index is 12.7. The van der Waals surface area contributed by atoms with Gasteiger partial charge in [0.2, 0.25) is 10.0 Å². The fourth-order valence-corrected chi connectivity index (χ4v) is 4.10. The van der Waals surface area contributed by atoms with Crippen LogP contribution < -0.4 is 10.0 Å². The number of anilines is 1. The Bertz CT molecular complexity index is 701. The van der Waals surface area contributed by atoms with Gasteiger partial charge in [0.15, 0.2) is 0 Å². The van der Waals surface area contributed by atoms with Gasteiger partial charge in [-0.2, -0.15) is 0 Å². The van der Waals surface area contributed by atoms with Crippen LogP contribution in [0.4, 0.5) is 5.69 Å². The van der Waals surface area contributed by atoms with Crippen molar-refractivity contribution in [1.29, 1.82) is 0 Å². The zero-order valence-corrected chi connectivity index (χ0v) is 15.1. The highest BCUT2D eigenvalue weighted by Gasteiger charge is 2.24. The van der Waals surface area contributed by atoms with Crippen molar-refractivity contribution < 1.29 is 27.8 Å². The van der Waals surface area contributed by atoms with Crippen LogP contribution in [0.5, 0.6) is 0 Å². The molecule has 1 aliphatic heterocycles. The van der Waals surface area contributed by atoms with Gasteiger partial charge in [-0.15, -0.1) is 0 Å². The third-order valence-corrected chi connectivity index (χ3v) is 5.46. The SMILES string of the molecule is COC[C@H](C)NS(=O)(=O)c1cc(C(=O)O)ccc1NC[C@H]1CCCO1. The van der Waals surface area contributed by atoms with Gasteiger partial charge in [0.25, 0.3) is 0 Å². The molecule has 1 aromatic rings. The Kier molecular flexibility index (Phi) is 6.77. The molecule has 1 heterocycles. The van der Waals surface area contributed by atoms with Crippen LogP contribution >= 0.6 is 0 Å². The zero-order valence-electron chi connectivity index (χ0n) is 14.3.